The van der Waals surface area contributed by atoms with Gasteiger partial charge in [0, 0.05) is 50.8 Å². The van der Waals surface area contributed by atoms with Crippen molar-refractivity contribution in [1.29, 1.82) is 0 Å². The zero-order valence-electron chi connectivity index (χ0n) is 13.7. The van der Waals surface area contributed by atoms with Crippen LogP contribution in [0.3, 0.4) is 0 Å². The lowest BCUT2D eigenvalue weighted by Crippen LogP contribution is -2.50. The Kier molecular flexibility index (Phi) is 4.91. The van der Waals surface area contributed by atoms with Gasteiger partial charge in [-0.25, -0.2) is 0 Å². The van der Waals surface area contributed by atoms with Crippen molar-refractivity contribution in [3.63, 3.8) is 0 Å². The SMILES string of the molecule is CC(C)N1CCN(C[C@@H]2CCN(C(C)(C)C)C2)CC1. The second kappa shape index (κ2) is 6.11. The Morgan fingerprint density at radius 3 is 2.11 bits per heavy atom. The topological polar surface area (TPSA) is 9.72 Å². The van der Waals surface area contributed by atoms with Crippen molar-refractivity contribution in [3.8, 4) is 0 Å². The van der Waals surface area contributed by atoms with E-state index >= 15 is 0 Å². The highest BCUT2D eigenvalue weighted by molar-refractivity contribution is 4.87. The highest BCUT2D eigenvalue weighted by Crippen LogP contribution is 2.25. The van der Waals surface area contributed by atoms with Crippen LogP contribution in [0.25, 0.3) is 0 Å². The fraction of sp³-hybridized carbons (Fsp3) is 1.00. The molecule has 0 spiro atoms. The Bertz CT molecular complexity index is 274. The molecular weight excluding hydrogens is 234 g/mol. The molecule has 19 heavy (non-hydrogen) atoms. The van der Waals surface area contributed by atoms with E-state index in [9.17, 15) is 0 Å². The molecule has 2 saturated heterocycles. The lowest BCUT2D eigenvalue weighted by molar-refractivity contribution is 0.0941. The first-order valence-electron chi connectivity index (χ1n) is 8.07. The second-order valence-corrected chi connectivity index (χ2v) is 7.70. The van der Waals surface area contributed by atoms with Crippen molar-refractivity contribution in [1.82, 2.24) is 14.7 Å². The van der Waals surface area contributed by atoms with Gasteiger partial charge in [0.1, 0.15) is 0 Å². The average Bonchev–Trinajstić information content (AvgIpc) is 2.78. The maximum absolute atomic E-state index is 2.69. The van der Waals surface area contributed by atoms with Crippen LogP contribution in [0, 0.1) is 5.92 Å². The Hall–Kier alpha value is -0.120. The van der Waals surface area contributed by atoms with Gasteiger partial charge >= 0.3 is 0 Å². The summed E-state index contributed by atoms with van der Waals surface area (Å²) in [5, 5.41) is 0. The van der Waals surface area contributed by atoms with Crippen molar-refractivity contribution < 1.29 is 0 Å². The van der Waals surface area contributed by atoms with E-state index in [0.29, 0.717) is 11.6 Å². The molecule has 2 aliphatic heterocycles. The third-order valence-electron chi connectivity index (χ3n) is 4.89. The predicted molar refractivity (Wildman–Crippen MR) is 82.6 cm³/mol. The van der Waals surface area contributed by atoms with Crippen molar-refractivity contribution >= 4 is 0 Å². The second-order valence-electron chi connectivity index (χ2n) is 7.70. The number of rotatable bonds is 3. The summed E-state index contributed by atoms with van der Waals surface area (Å²) in [5.74, 6) is 0.893. The fourth-order valence-electron chi connectivity index (χ4n) is 3.42. The van der Waals surface area contributed by atoms with Gasteiger partial charge < -0.3 is 4.90 Å². The summed E-state index contributed by atoms with van der Waals surface area (Å²) in [6.45, 7) is 20.6. The minimum Gasteiger partial charge on any atom is -0.300 e. The number of nitrogens with zero attached hydrogens (tertiary/aromatic N) is 3. The van der Waals surface area contributed by atoms with Gasteiger partial charge in [0.05, 0.1) is 0 Å². The molecular formula is C16H33N3. The van der Waals surface area contributed by atoms with Crippen LogP contribution in [-0.4, -0.2) is 72.1 Å². The number of likely N-dealkylation sites (tertiary alicyclic amines) is 1. The van der Waals surface area contributed by atoms with Gasteiger partial charge in [0.2, 0.25) is 0 Å². The first kappa shape index (κ1) is 15.3. The zero-order chi connectivity index (χ0) is 14.0. The van der Waals surface area contributed by atoms with Gasteiger partial charge in [0.25, 0.3) is 0 Å². The smallest absolute Gasteiger partial charge is 0.0125 e. The molecule has 0 radical (unpaired) electrons. The van der Waals surface area contributed by atoms with E-state index in [1.807, 2.05) is 0 Å². The molecule has 2 rings (SSSR count). The molecule has 0 aromatic rings. The molecule has 0 aliphatic carbocycles. The summed E-state index contributed by atoms with van der Waals surface area (Å²) >= 11 is 0. The van der Waals surface area contributed by atoms with E-state index in [-0.39, 0.29) is 0 Å². The van der Waals surface area contributed by atoms with Crippen molar-refractivity contribution in [2.45, 2.75) is 52.6 Å². The summed E-state index contributed by atoms with van der Waals surface area (Å²) < 4.78 is 0. The van der Waals surface area contributed by atoms with Crippen LogP contribution in [0.4, 0.5) is 0 Å². The van der Waals surface area contributed by atoms with Crippen molar-refractivity contribution in [2.75, 3.05) is 45.8 Å². The molecule has 2 heterocycles. The van der Waals surface area contributed by atoms with Crippen LogP contribution in [0.1, 0.15) is 41.0 Å². The Labute approximate surface area is 119 Å². The number of hydrogen-bond acceptors (Lipinski definition) is 3. The highest BCUT2D eigenvalue weighted by Gasteiger charge is 2.31. The normalized spacial score (nSPS) is 28.4. The van der Waals surface area contributed by atoms with Crippen LogP contribution in [-0.2, 0) is 0 Å². The minimum absolute atomic E-state index is 0.352. The van der Waals surface area contributed by atoms with Gasteiger partial charge in [-0.05, 0) is 53.5 Å². The molecule has 112 valence electrons. The molecule has 3 heteroatoms. The first-order valence-corrected chi connectivity index (χ1v) is 8.07. The maximum Gasteiger partial charge on any atom is 0.0125 e. The highest BCUT2D eigenvalue weighted by atomic mass is 15.3. The summed E-state index contributed by atoms with van der Waals surface area (Å²) in [4.78, 5) is 7.95. The Balaban J connectivity index is 1.72. The van der Waals surface area contributed by atoms with Gasteiger partial charge in [-0.3, -0.25) is 9.80 Å². The fourth-order valence-corrected chi connectivity index (χ4v) is 3.42. The van der Waals surface area contributed by atoms with Gasteiger partial charge in [-0.2, -0.15) is 0 Å². The quantitative estimate of drug-likeness (QED) is 0.775. The summed E-state index contributed by atoms with van der Waals surface area (Å²) in [5.41, 5.74) is 0.352. The standard InChI is InChI=1S/C16H33N3/c1-14(2)18-10-8-17(9-11-18)12-15-6-7-19(13-15)16(3,4)5/h14-15H,6-13H2,1-5H3/t15-/m0/s1. The number of piperazine rings is 1. The molecule has 0 saturated carbocycles. The molecule has 0 N–H and O–H groups in total. The summed E-state index contributed by atoms with van der Waals surface area (Å²) in [6, 6.07) is 0.713. The molecule has 1 atom stereocenters. The van der Waals surface area contributed by atoms with E-state index in [1.54, 1.807) is 0 Å². The Morgan fingerprint density at radius 2 is 1.63 bits per heavy atom. The van der Waals surface area contributed by atoms with Gasteiger partial charge in [0.15, 0.2) is 0 Å². The lowest BCUT2D eigenvalue weighted by atomic mass is 10.1. The van der Waals surface area contributed by atoms with Crippen LogP contribution >= 0.6 is 0 Å². The van der Waals surface area contributed by atoms with Crippen molar-refractivity contribution in [2.24, 2.45) is 5.92 Å². The van der Waals surface area contributed by atoms with Crippen LogP contribution in [0.15, 0.2) is 0 Å². The molecule has 2 aliphatic rings. The van der Waals surface area contributed by atoms with E-state index in [4.69, 9.17) is 0 Å². The minimum atomic E-state index is 0.352. The Morgan fingerprint density at radius 1 is 1.00 bits per heavy atom. The van der Waals surface area contributed by atoms with Crippen LogP contribution in [0.5, 0.6) is 0 Å². The third-order valence-corrected chi connectivity index (χ3v) is 4.89. The molecule has 0 amide bonds. The molecule has 0 aromatic heterocycles. The maximum atomic E-state index is 2.69. The molecule has 2 fully saturated rings. The van der Waals surface area contributed by atoms with Crippen LogP contribution < -0.4 is 0 Å². The molecule has 0 unspecified atom stereocenters. The third kappa shape index (κ3) is 4.17. The summed E-state index contributed by atoms with van der Waals surface area (Å²) in [7, 11) is 0. The van der Waals surface area contributed by atoms with Crippen LogP contribution in [0.2, 0.25) is 0 Å². The summed E-state index contributed by atoms with van der Waals surface area (Å²) in [6.07, 6.45) is 1.39. The zero-order valence-corrected chi connectivity index (χ0v) is 13.7. The molecule has 0 aromatic carbocycles. The van der Waals surface area contributed by atoms with E-state index in [0.717, 1.165) is 5.92 Å². The van der Waals surface area contributed by atoms with E-state index in [1.165, 1.54) is 52.2 Å². The monoisotopic (exact) mass is 267 g/mol. The molecule has 0 bridgehead atoms. The molecule has 3 nitrogen and oxygen atoms in total. The van der Waals surface area contributed by atoms with Gasteiger partial charge in [-0.15, -0.1) is 0 Å². The largest absolute Gasteiger partial charge is 0.300 e. The lowest BCUT2D eigenvalue weighted by Gasteiger charge is -2.38. The van der Waals surface area contributed by atoms with Gasteiger partial charge in [-0.1, -0.05) is 0 Å². The van der Waals surface area contributed by atoms with E-state index < -0.39 is 0 Å². The van der Waals surface area contributed by atoms with Crippen molar-refractivity contribution in [3.05, 3.63) is 0 Å². The predicted octanol–water partition coefficient (Wildman–Crippen LogP) is 2.13. The first-order chi connectivity index (χ1) is 8.86. The average molecular weight is 267 g/mol. The van der Waals surface area contributed by atoms with E-state index in [2.05, 4.69) is 49.3 Å². The number of hydrogen-bond donors (Lipinski definition) is 0.